The number of hydrogen-bond acceptors (Lipinski definition) is 6. The number of anilines is 1. The molecule has 172 valence electrons. The number of carbonyl (C=O) groups excluding carboxylic acids is 1. The summed E-state index contributed by atoms with van der Waals surface area (Å²) in [6, 6.07) is 11.6. The van der Waals surface area contributed by atoms with Crippen molar-refractivity contribution >= 4 is 23.1 Å². The lowest BCUT2D eigenvalue weighted by Gasteiger charge is -2.22. The van der Waals surface area contributed by atoms with E-state index < -0.39 is 11.9 Å². The van der Waals surface area contributed by atoms with E-state index in [1.807, 2.05) is 30.3 Å². The van der Waals surface area contributed by atoms with Crippen molar-refractivity contribution in [1.29, 1.82) is 0 Å². The molecule has 0 spiro atoms. The highest BCUT2D eigenvalue weighted by molar-refractivity contribution is 7.12. The molecular weight excluding hydrogens is 434 g/mol. The molecule has 2 aliphatic rings. The molecule has 1 unspecified atom stereocenters. The van der Waals surface area contributed by atoms with Gasteiger partial charge in [0.15, 0.2) is 5.82 Å². The fraction of sp³-hybridized carbons (Fsp3) is 0.400. The molecular formula is C25H29N5O2S. The van der Waals surface area contributed by atoms with Crippen molar-refractivity contribution in [3.05, 3.63) is 79.0 Å². The van der Waals surface area contributed by atoms with Crippen molar-refractivity contribution in [1.82, 2.24) is 14.9 Å². The molecule has 0 saturated carbocycles. The average molecular weight is 464 g/mol. The Kier molecular flexibility index (Phi) is 5.80. The number of nitrogens with one attached hydrogen (secondary N) is 2. The maximum atomic E-state index is 13.5. The molecule has 2 aliphatic heterocycles. The van der Waals surface area contributed by atoms with Gasteiger partial charge in [-0.1, -0.05) is 44.2 Å². The predicted octanol–water partition coefficient (Wildman–Crippen LogP) is 3.60. The number of aromatic nitrogens is 2. The minimum absolute atomic E-state index is 0.0198. The molecule has 0 radical (unpaired) electrons. The van der Waals surface area contributed by atoms with Crippen LogP contribution in [0.2, 0.25) is 0 Å². The quantitative estimate of drug-likeness (QED) is 0.497. The average Bonchev–Trinajstić information content (AvgIpc) is 3.54. The van der Waals surface area contributed by atoms with Crippen molar-refractivity contribution in [2.75, 3.05) is 5.32 Å². The van der Waals surface area contributed by atoms with Crippen LogP contribution in [-0.2, 0) is 24.3 Å². The second-order valence-electron chi connectivity index (χ2n) is 8.86. The van der Waals surface area contributed by atoms with Gasteiger partial charge in [0, 0.05) is 34.5 Å². The van der Waals surface area contributed by atoms with Crippen molar-refractivity contribution in [3.63, 3.8) is 0 Å². The summed E-state index contributed by atoms with van der Waals surface area (Å²) in [7, 11) is 0. The number of hydrogen-bond donors (Lipinski definition) is 3. The zero-order chi connectivity index (χ0) is 23.1. The Morgan fingerprint density at radius 2 is 2.12 bits per heavy atom. The third-order valence-corrected chi connectivity index (χ3v) is 8.17. The van der Waals surface area contributed by atoms with Crippen LogP contribution < -0.4 is 21.9 Å². The molecule has 5 rings (SSSR count). The van der Waals surface area contributed by atoms with Crippen molar-refractivity contribution < 1.29 is 4.79 Å². The molecule has 0 fully saturated rings. The van der Waals surface area contributed by atoms with Crippen LogP contribution in [0.5, 0.6) is 0 Å². The van der Waals surface area contributed by atoms with Gasteiger partial charge in [-0.15, -0.1) is 11.3 Å². The SMILES string of the molecule is CC[C@@H](Nc1nc([C@H](C)c2cc3c(s2)CNC3)c2n(c1=O)C(C(N)=O)CC2)c1ccccc1. The van der Waals surface area contributed by atoms with Crippen LogP contribution in [0.3, 0.4) is 0 Å². The summed E-state index contributed by atoms with van der Waals surface area (Å²) in [4.78, 5) is 33.2. The summed E-state index contributed by atoms with van der Waals surface area (Å²) in [6.07, 6.45) is 1.95. The monoisotopic (exact) mass is 463 g/mol. The lowest BCUT2D eigenvalue weighted by molar-refractivity contribution is -0.121. The zero-order valence-corrected chi connectivity index (χ0v) is 19.7. The maximum absolute atomic E-state index is 13.5. The van der Waals surface area contributed by atoms with Gasteiger partial charge < -0.3 is 16.4 Å². The normalized spacial score (nSPS) is 18.5. The highest BCUT2D eigenvalue weighted by Crippen LogP contribution is 2.38. The van der Waals surface area contributed by atoms with Gasteiger partial charge in [0.25, 0.3) is 5.56 Å². The Morgan fingerprint density at radius 1 is 1.33 bits per heavy atom. The summed E-state index contributed by atoms with van der Waals surface area (Å²) < 4.78 is 1.60. The van der Waals surface area contributed by atoms with Gasteiger partial charge in [-0.05, 0) is 36.5 Å². The number of benzene rings is 1. The molecule has 0 aliphatic carbocycles. The number of primary amides is 1. The van der Waals surface area contributed by atoms with Gasteiger partial charge in [-0.3, -0.25) is 14.2 Å². The number of thiophene rings is 1. The number of carbonyl (C=O) groups is 1. The highest BCUT2D eigenvalue weighted by atomic mass is 32.1. The van der Waals surface area contributed by atoms with Gasteiger partial charge in [0.2, 0.25) is 5.91 Å². The first-order valence-corrected chi connectivity index (χ1v) is 12.4. The van der Waals surface area contributed by atoms with Crippen LogP contribution in [0.4, 0.5) is 5.82 Å². The summed E-state index contributed by atoms with van der Waals surface area (Å²) in [6.45, 7) is 6.01. The minimum Gasteiger partial charge on any atom is -0.368 e. The van der Waals surface area contributed by atoms with Crippen LogP contribution in [-0.4, -0.2) is 15.5 Å². The smallest absolute Gasteiger partial charge is 0.294 e. The van der Waals surface area contributed by atoms with Gasteiger partial charge >= 0.3 is 0 Å². The van der Waals surface area contributed by atoms with Gasteiger partial charge in [-0.2, -0.15) is 0 Å². The molecule has 4 heterocycles. The van der Waals surface area contributed by atoms with E-state index in [-0.39, 0.29) is 23.3 Å². The van der Waals surface area contributed by atoms with E-state index in [0.717, 1.165) is 36.5 Å². The summed E-state index contributed by atoms with van der Waals surface area (Å²) in [5.41, 5.74) is 9.55. The van der Waals surface area contributed by atoms with Crippen molar-refractivity contribution in [2.45, 2.75) is 64.2 Å². The molecule has 33 heavy (non-hydrogen) atoms. The second-order valence-corrected chi connectivity index (χ2v) is 10.0. The zero-order valence-electron chi connectivity index (χ0n) is 18.9. The topological polar surface area (TPSA) is 102 Å². The molecule has 8 heteroatoms. The molecule has 3 atom stereocenters. The summed E-state index contributed by atoms with van der Waals surface area (Å²) in [5, 5.41) is 6.77. The lowest BCUT2D eigenvalue weighted by atomic mass is 10.0. The Bertz CT molecular complexity index is 1230. The van der Waals surface area contributed by atoms with Crippen molar-refractivity contribution in [2.24, 2.45) is 5.73 Å². The van der Waals surface area contributed by atoms with Crippen LogP contribution in [0.1, 0.15) is 77.0 Å². The molecule has 4 N–H and O–H groups in total. The van der Waals surface area contributed by atoms with E-state index in [0.29, 0.717) is 12.8 Å². The lowest BCUT2D eigenvalue weighted by Crippen LogP contribution is -2.35. The molecule has 7 nitrogen and oxygen atoms in total. The Balaban J connectivity index is 1.60. The van der Waals surface area contributed by atoms with E-state index >= 15 is 0 Å². The van der Waals surface area contributed by atoms with E-state index in [9.17, 15) is 9.59 Å². The first-order chi connectivity index (χ1) is 16.0. The first kappa shape index (κ1) is 21.9. The fourth-order valence-electron chi connectivity index (χ4n) is 5.00. The second kappa shape index (κ2) is 8.76. The standard InChI is InChI=1S/C25H29N5O2S/c1-3-17(15-7-5-4-6-8-15)28-24-25(32)30-18(9-10-19(30)23(26)31)22(29-24)14(2)20-11-16-12-27-13-21(16)33-20/h4-8,11,14,17,19,27H,3,9-10,12-13H2,1-2H3,(H2,26,31)(H,28,29)/t14-,17-,19?/m1/s1. The summed E-state index contributed by atoms with van der Waals surface area (Å²) >= 11 is 1.80. The Morgan fingerprint density at radius 3 is 2.82 bits per heavy atom. The third kappa shape index (κ3) is 3.87. The van der Waals surface area contributed by atoms with E-state index in [4.69, 9.17) is 10.7 Å². The van der Waals surface area contributed by atoms with E-state index in [1.165, 1.54) is 15.3 Å². The number of amides is 1. The maximum Gasteiger partial charge on any atom is 0.294 e. The first-order valence-electron chi connectivity index (χ1n) is 11.6. The highest BCUT2D eigenvalue weighted by Gasteiger charge is 2.34. The molecule has 2 aromatic heterocycles. The van der Waals surface area contributed by atoms with Crippen LogP contribution in [0, 0.1) is 0 Å². The van der Waals surface area contributed by atoms with Crippen LogP contribution in [0.25, 0.3) is 0 Å². The summed E-state index contributed by atoms with van der Waals surface area (Å²) in [5.74, 6) is -0.162. The molecule has 1 amide bonds. The molecule has 3 aromatic rings. The van der Waals surface area contributed by atoms with E-state index in [1.54, 1.807) is 15.9 Å². The molecule has 0 bridgehead atoms. The molecule has 0 saturated heterocycles. The number of fused-ring (bicyclic) bond motifs is 2. The molecule has 1 aromatic carbocycles. The fourth-order valence-corrected chi connectivity index (χ4v) is 6.21. The minimum atomic E-state index is -0.628. The van der Waals surface area contributed by atoms with Gasteiger partial charge in [-0.25, -0.2) is 4.98 Å². The third-order valence-electron chi connectivity index (χ3n) is 6.81. The van der Waals surface area contributed by atoms with Crippen LogP contribution in [0.15, 0.2) is 41.2 Å². The van der Waals surface area contributed by atoms with Gasteiger partial charge in [0.05, 0.1) is 11.7 Å². The number of nitrogens with two attached hydrogens (primary N) is 1. The van der Waals surface area contributed by atoms with E-state index in [2.05, 4.69) is 30.5 Å². The number of nitrogens with zero attached hydrogens (tertiary/aromatic N) is 2. The largest absolute Gasteiger partial charge is 0.368 e. The predicted molar refractivity (Wildman–Crippen MR) is 131 cm³/mol. The van der Waals surface area contributed by atoms with Gasteiger partial charge in [0.1, 0.15) is 6.04 Å². The van der Waals surface area contributed by atoms with Crippen molar-refractivity contribution in [3.8, 4) is 0 Å². The Labute approximate surface area is 197 Å². The Hall–Kier alpha value is -2.97. The number of rotatable bonds is 7. The van der Waals surface area contributed by atoms with Crippen LogP contribution >= 0.6 is 11.3 Å².